The van der Waals surface area contributed by atoms with Crippen LogP contribution in [0.3, 0.4) is 0 Å². The quantitative estimate of drug-likeness (QED) is 0.878. The van der Waals surface area contributed by atoms with Gasteiger partial charge in [-0.25, -0.2) is 0 Å². The van der Waals surface area contributed by atoms with Gasteiger partial charge in [-0.2, -0.15) is 11.3 Å². The number of carbonyl (C=O) groups excluding carboxylic acids is 2. The number of rotatable bonds is 4. The highest BCUT2D eigenvalue weighted by Crippen LogP contribution is 2.39. The van der Waals surface area contributed by atoms with Gasteiger partial charge < -0.3 is 15.0 Å². The van der Waals surface area contributed by atoms with Crippen molar-refractivity contribution in [3.05, 3.63) is 46.9 Å². The fourth-order valence-corrected chi connectivity index (χ4v) is 4.54. The van der Waals surface area contributed by atoms with Crippen LogP contribution in [0.1, 0.15) is 31.2 Å². The molecule has 2 aliphatic heterocycles. The predicted octanol–water partition coefficient (Wildman–Crippen LogP) is 2.86. The molecule has 4 heterocycles. The van der Waals surface area contributed by atoms with Crippen LogP contribution < -0.4 is 5.32 Å². The van der Waals surface area contributed by atoms with Crippen LogP contribution in [0.25, 0.3) is 0 Å². The van der Waals surface area contributed by atoms with Gasteiger partial charge in [0.05, 0.1) is 23.9 Å². The van der Waals surface area contributed by atoms with Crippen molar-refractivity contribution in [2.24, 2.45) is 0 Å². The van der Waals surface area contributed by atoms with Crippen LogP contribution in [-0.4, -0.2) is 46.5 Å². The summed E-state index contributed by atoms with van der Waals surface area (Å²) in [4.78, 5) is 30.9. The number of likely N-dealkylation sites (tertiary alicyclic amines) is 1. The maximum atomic E-state index is 12.5. The van der Waals surface area contributed by atoms with E-state index in [-0.39, 0.29) is 17.4 Å². The number of anilines is 1. The van der Waals surface area contributed by atoms with Gasteiger partial charge in [0.1, 0.15) is 6.10 Å². The second-order valence-corrected chi connectivity index (χ2v) is 8.03. The molecule has 2 aromatic heterocycles. The van der Waals surface area contributed by atoms with Gasteiger partial charge in [0.2, 0.25) is 5.91 Å². The first-order chi connectivity index (χ1) is 13.1. The summed E-state index contributed by atoms with van der Waals surface area (Å²) in [5.74, 6) is 0.0583. The highest BCUT2D eigenvalue weighted by Gasteiger charge is 2.45. The fraction of sp³-hybridized carbons (Fsp3) is 0.450. The minimum Gasteiger partial charge on any atom is -0.362 e. The van der Waals surface area contributed by atoms with Gasteiger partial charge in [-0.3, -0.25) is 14.6 Å². The van der Waals surface area contributed by atoms with E-state index in [1.54, 1.807) is 29.8 Å². The molecule has 1 unspecified atom stereocenters. The molecule has 142 valence electrons. The standard InChI is InChI=1S/C20H23N3O3S/c24-18(12-15-4-11-27-14-15)23-9-6-20(7-10-23)5-3-17(26-20)19(25)22-16-2-1-8-21-13-16/h1-2,4,8,11,13-14,17H,3,5-7,9-10,12H2,(H,22,25). The van der Waals surface area contributed by atoms with Crippen molar-refractivity contribution in [1.29, 1.82) is 0 Å². The Hall–Kier alpha value is -2.25. The van der Waals surface area contributed by atoms with Crippen molar-refractivity contribution < 1.29 is 14.3 Å². The third kappa shape index (κ3) is 4.20. The van der Waals surface area contributed by atoms with Crippen molar-refractivity contribution in [1.82, 2.24) is 9.88 Å². The smallest absolute Gasteiger partial charge is 0.253 e. The summed E-state index contributed by atoms with van der Waals surface area (Å²) in [6, 6.07) is 5.60. The molecular formula is C20H23N3O3S. The zero-order valence-corrected chi connectivity index (χ0v) is 15.9. The Morgan fingerprint density at radius 3 is 2.85 bits per heavy atom. The molecule has 6 nitrogen and oxygen atoms in total. The van der Waals surface area contributed by atoms with Crippen LogP contribution in [0, 0.1) is 0 Å². The Balaban J connectivity index is 1.29. The van der Waals surface area contributed by atoms with E-state index in [0.29, 0.717) is 25.2 Å². The number of hydrogen-bond donors (Lipinski definition) is 1. The summed E-state index contributed by atoms with van der Waals surface area (Å²) in [5, 5.41) is 6.89. The van der Waals surface area contributed by atoms with Crippen LogP contribution >= 0.6 is 11.3 Å². The number of nitrogens with one attached hydrogen (secondary N) is 1. The average molecular weight is 385 g/mol. The lowest BCUT2D eigenvalue weighted by Gasteiger charge is -2.39. The number of piperidine rings is 1. The summed E-state index contributed by atoms with van der Waals surface area (Å²) >= 11 is 1.61. The Morgan fingerprint density at radius 1 is 1.30 bits per heavy atom. The lowest BCUT2D eigenvalue weighted by molar-refractivity contribution is -0.143. The number of hydrogen-bond acceptors (Lipinski definition) is 5. The molecule has 2 saturated heterocycles. The van der Waals surface area contributed by atoms with E-state index >= 15 is 0 Å². The van der Waals surface area contributed by atoms with E-state index in [9.17, 15) is 9.59 Å². The number of pyridine rings is 1. The van der Waals surface area contributed by atoms with E-state index in [4.69, 9.17) is 4.74 Å². The normalized spacial score (nSPS) is 21.3. The van der Waals surface area contributed by atoms with Crippen molar-refractivity contribution in [3.63, 3.8) is 0 Å². The van der Waals surface area contributed by atoms with E-state index in [1.807, 2.05) is 27.8 Å². The Bertz CT molecular complexity index is 786. The third-order valence-corrected chi connectivity index (χ3v) is 6.17. The van der Waals surface area contributed by atoms with Gasteiger partial charge in [-0.05, 0) is 60.2 Å². The van der Waals surface area contributed by atoms with Gasteiger partial charge >= 0.3 is 0 Å². The van der Waals surface area contributed by atoms with E-state index in [2.05, 4.69) is 10.3 Å². The molecule has 2 amide bonds. The van der Waals surface area contributed by atoms with Crippen molar-refractivity contribution >= 4 is 28.8 Å². The topological polar surface area (TPSA) is 71.5 Å². The monoisotopic (exact) mass is 385 g/mol. The zero-order chi connectivity index (χ0) is 18.7. The third-order valence-electron chi connectivity index (χ3n) is 5.44. The van der Waals surface area contributed by atoms with Gasteiger partial charge in [0, 0.05) is 19.3 Å². The molecule has 1 atom stereocenters. The van der Waals surface area contributed by atoms with Gasteiger partial charge in [-0.15, -0.1) is 0 Å². The molecule has 1 N–H and O–H groups in total. The first-order valence-electron chi connectivity index (χ1n) is 9.31. The van der Waals surface area contributed by atoms with Crippen molar-refractivity contribution in [3.8, 4) is 0 Å². The van der Waals surface area contributed by atoms with E-state index in [1.165, 1.54) is 0 Å². The second kappa shape index (κ2) is 7.78. The molecule has 0 saturated carbocycles. The van der Waals surface area contributed by atoms with Gasteiger partial charge in [0.15, 0.2) is 0 Å². The summed E-state index contributed by atoms with van der Waals surface area (Å²) in [6.07, 6.45) is 6.49. The average Bonchev–Trinajstić information content (AvgIpc) is 3.34. The first kappa shape index (κ1) is 18.1. The van der Waals surface area contributed by atoms with Crippen molar-refractivity contribution in [2.45, 2.75) is 43.8 Å². The maximum Gasteiger partial charge on any atom is 0.253 e. The molecule has 0 bridgehead atoms. The summed E-state index contributed by atoms with van der Waals surface area (Å²) < 4.78 is 6.19. The predicted molar refractivity (Wildman–Crippen MR) is 104 cm³/mol. The van der Waals surface area contributed by atoms with Crippen LogP contribution in [-0.2, 0) is 20.7 Å². The molecule has 4 rings (SSSR count). The summed E-state index contributed by atoms with van der Waals surface area (Å²) in [5.41, 5.74) is 1.49. The van der Waals surface area contributed by atoms with E-state index < -0.39 is 6.10 Å². The molecular weight excluding hydrogens is 362 g/mol. The number of nitrogens with zero attached hydrogens (tertiary/aromatic N) is 2. The largest absolute Gasteiger partial charge is 0.362 e. The van der Waals surface area contributed by atoms with E-state index in [0.717, 1.165) is 31.2 Å². The number of amides is 2. The zero-order valence-electron chi connectivity index (χ0n) is 15.1. The molecule has 2 aromatic rings. The minimum absolute atomic E-state index is 0.115. The van der Waals surface area contributed by atoms with Crippen LogP contribution in [0.15, 0.2) is 41.4 Å². The fourth-order valence-electron chi connectivity index (χ4n) is 3.87. The molecule has 0 radical (unpaired) electrons. The molecule has 27 heavy (non-hydrogen) atoms. The molecule has 0 aliphatic carbocycles. The maximum absolute atomic E-state index is 12.5. The lowest BCUT2D eigenvalue weighted by Crippen LogP contribution is -2.47. The lowest BCUT2D eigenvalue weighted by atomic mass is 9.88. The van der Waals surface area contributed by atoms with Crippen LogP contribution in [0.4, 0.5) is 5.69 Å². The molecule has 2 fully saturated rings. The summed E-state index contributed by atoms with van der Waals surface area (Å²) in [7, 11) is 0. The highest BCUT2D eigenvalue weighted by atomic mass is 32.1. The summed E-state index contributed by atoms with van der Waals surface area (Å²) in [6.45, 7) is 1.39. The molecule has 2 aliphatic rings. The first-order valence-corrected chi connectivity index (χ1v) is 10.3. The van der Waals surface area contributed by atoms with Crippen LogP contribution in [0.2, 0.25) is 0 Å². The number of ether oxygens (including phenoxy) is 1. The Morgan fingerprint density at radius 2 is 2.15 bits per heavy atom. The Kier molecular flexibility index (Phi) is 5.22. The van der Waals surface area contributed by atoms with Crippen LogP contribution in [0.5, 0.6) is 0 Å². The number of aromatic nitrogens is 1. The molecule has 1 spiro atoms. The van der Waals surface area contributed by atoms with Gasteiger partial charge in [0.25, 0.3) is 5.91 Å². The number of carbonyl (C=O) groups is 2. The van der Waals surface area contributed by atoms with Crippen molar-refractivity contribution in [2.75, 3.05) is 18.4 Å². The molecule has 7 heteroatoms. The number of thiophene rings is 1. The highest BCUT2D eigenvalue weighted by molar-refractivity contribution is 7.08. The minimum atomic E-state index is -0.432. The molecule has 0 aromatic carbocycles. The SMILES string of the molecule is O=C(Nc1cccnc1)C1CCC2(CCN(C(=O)Cc3ccsc3)CC2)O1. The van der Waals surface area contributed by atoms with Gasteiger partial charge in [-0.1, -0.05) is 0 Å². The second-order valence-electron chi connectivity index (χ2n) is 7.25. The Labute approximate surface area is 162 Å².